The molecule has 3 atom stereocenters. The van der Waals surface area contributed by atoms with Crippen LogP contribution < -0.4 is 11.5 Å². The average molecular weight is 220 g/mol. The van der Waals surface area contributed by atoms with Crippen LogP contribution in [0.1, 0.15) is 27.2 Å². The molecule has 6 N–H and O–H groups in total. The molecular formula is C9H20N2O4. The lowest BCUT2D eigenvalue weighted by molar-refractivity contribution is -0.140. The Morgan fingerprint density at radius 1 is 1.13 bits per heavy atom. The number of carboxylic acids is 2. The molecular weight excluding hydrogens is 200 g/mol. The molecule has 90 valence electrons. The molecule has 6 heteroatoms. The summed E-state index contributed by atoms with van der Waals surface area (Å²) < 4.78 is 0. The predicted octanol–water partition coefficient (Wildman–Crippen LogP) is -0.137. The highest BCUT2D eigenvalue weighted by atomic mass is 16.4. The fraction of sp³-hybridized carbons (Fsp3) is 0.778. The van der Waals surface area contributed by atoms with Crippen molar-refractivity contribution in [3.05, 3.63) is 0 Å². The molecule has 0 aromatic heterocycles. The Morgan fingerprint density at radius 2 is 1.47 bits per heavy atom. The number of carbonyl (C=O) groups is 2. The molecule has 0 rings (SSSR count). The van der Waals surface area contributed by atoms with Gasteiger partial charge in [-0.25, -0.2) is 0 Å². The van der Waals surface area contributed by atoms with Gasteiger partial charge in [-0.05, 0) is 12.8 Å². The first-order chi connectivity index (χ1) is 6.73. The molecule has 0 saturated carbocycles. The molecule has 0 spiro atoms. The zero-order chi connectivity index (χ0) is 12.6. The summed E-state index contributed by atoms with van der Waals surface area (Å²) in [6, 6.07) is -1.43. The van der Waals surface area contributed by atoms with Gasteiger partial charge in [0.25, 0.3) is 0 Å². The topological polar surface area (TPSA) is 127 Å². The standard InChI is InChI=1S/C6H13NO2.C3H7NO2/c1-3-4(2)5(7)6(8)9;1-2(4)3(5)6/h4-5H,3,7H2,1-2H3,(H,8,9);2H,4H2,1H3,(H,5,6)/t4-,5-;2-/m00/s1. The Hall–Kier alpha value is -1.14. The van der Waals surface area contributed by atoms with E-state index in [-0.39, 0.29) is 5.92 Å². The minimum Gasteiger partial charge on any atom is -0.480 e. The highest BCUT2D eigenvalue weighted by molar-refractivity contribution is 5.73. The number of carboxylic acid groups (broad SMARTS) is 2. The van der Waals surface area contributed by atoms with Crippen molar-refractivity contribution in [2.24, 2.45) is 17.4 Å². The maximum atomic E-state index is 10.2. The maximum Gasteiger partial charge on any atom is 0.320 e. The molecule has 0 aliphatic rings. The summed E-state index contributed by atoms with van der Waals surface area (Å²) in [4.78, 5) is 19.7. The SMILES string of the molecule is CC[C@H](C)[C@H](N)C(=O)O.C[C@H](N)C(=O)O. The van der Waals surface area contributed by atoms with Gasteiger partial charge >= 0.3 is 11.9 Å². The Bertz CT molecular complexity index is 206. The minimum absolute atomic E-state index is 0.0718. The number of hydrogen-bond donors (Lipinski definition) is 4. The molecule has 0 unspecified atom stereocenters. The number of aliphatic carboxylic acids is 2. The van der Waals surface area contributed by atoms with E-state index in [4.69, 9.17) is 21.7 Å². The van der Waals surface area contributed by atoms with Crippen molar-refractivity contribution in [2.75, 3.05) is 0 Å². The van der Waals surface area contributed by atoms with E-state index < -0.39 is 24.0 Å². The van der Waals surface area contributed by atoms with Crippen LogP contribution in [0, 0.1) is 5.92 Å². The van der Waals surface area contributed by atoms with Crippen molar-refractivity contribution >= 4 is 11.9 Å². The van der Waals surface area contributed by atoms with E-state index in [9.17, 15) is 9.59 Å². The van der Waals surface area contributed by atoms with E-state index >= 15 is 0 Å². The first kappa shape index (κ1) is 16.3. The zero-order valence-corrected chi connectivity index (χ0v) is 9.30. The van der Waals surface area contributed by atoms with Gasteiger partial charge in [0.15, 0.2) is 0 Å². The largest absolute Gasteiger partial charge is 0.480 e. The summed E-state index contributed by atoms with van der Waals surface area (Å²) in [5.74, 6) is -1.80. The Labute approximate surface area is 89.3 Å². The molecule has 0 saturated heterocycles. The van der Waals surface area contributed by atoms with Gasteiger partial charge in [-0.2, -0.15) is 0 Å². The summed E-state index contributed by atoms with van der Waals surface area (Å²) in [5.41, 5.74) is 10.1. The van der Waals surface area contributed by atoms with Gasteiger partial charge in [-0.15, -0.1) is 0 Å². The van der Waals surface area contributed by atoms with Crippen LogP contribution in [0.25, 0.3) is 0 Å². The van der Waals surface area contributed by atoms with Gasteiger partial charge in [0, 0.05) is 0 Å². The van der Waals surface area contributed by atoms with Crippen molar-refractivity contribution in [2.45, 2.75) is 39.3 Å². The lowest BCUT2D eigenvalue weighted by Crippen LogP contribution is -2.36. The fourth-order valence-corrected chi connectivity index (χ4v) is 0.497. The van der Waals surface area contributed by atoms with Gasteiger partial charge in [-0.1, -0.05) is 20.3 Å². The quantitative estimate of drug-likeness (QED) is 0.522. The third-order valence-electron chi connectivity index (χ3n) is 1.93. The second kappa shape index (κ2) is 8.19. The van der Waals surface area contributed by atoms with Crippen LogP contribution in [0.5, 0.6) is 0 Å². The molecule has 0 amide bonds. The normalized spacial score (nSPS) is 15.5. The van der Waals surface area contributed by atoms with Crippen LogP contribution >= 0.6 is 0 Å². The van der Waals surface area contributed by atoms with Crippen molar-refractivity contribution < 1.29 is 19.8 Å². The molecule has 0 fully saturated rings. The van der Waals surface area contributed by atoms with Gasteiger partial charge < -0.3 is 21.7 Å². The predicted molar refractivity (Wildman–Crippen MR) is 56.4 cm³/mol. The minimum atomic E-state index is -0.963. The van der Waals surface area contributed by atoms with Crippen molar-refractivity contribution in [3.63, 3.8) is 0 Å². The first-order valence-electron chi connectivity index (χ1n) is 4.70. The second-order valence-electron chi connectivity index (χ2n) is 3.38. The van der Waals surface area contributed by atoms with Crippen LogP contribution in [0.3, 0.4) is 0 Å². The van der Waals surface area contributed by atoms with E-state index in [1.54, 1.807) is 0 Å². The smallest absolute Gasteiger partial charge is 0.320 e. The first-order valence-corrected chi connectivity index (χ1v) is 4.70. The summed E-state index contributed by atoms with van der Waals surface area (Å²) in [7, 11) is 0. The Balaban J connectivity index is 0. The van der Waals surface area contributed by atoms with Crippen LogP contribution in [0.4, 0.5) is 0 Å². The Kier molecular flexibility index (Phi) is 8.90. The van der Waals surface area contributed by atoms with Crippen molar-refractivity contribution in [1.82, 2.24) is 0 Å². The lowest BCUT2D eigenvalue weighted by atomic mass is 10.0. The van der Waals surface area contributed by atoms with Gasteiger partial charge in [-0.3, -0.25) is 9.59 Å². The molecule has 0 heterocycles. The van der Waals surface area contributed by atoms with E-state index in [1.165, 1.54) is 6.92 Å². The number of nitrogens with two attached hydrogens (primary N) is 2. The van der Waals surface area contributed by atoms with Gasteiger partial charge in [0.05, 0.1) is 0 Å². The van der Waals surface area contributed by atoms with E-state index in [0.717, 1.165) is 6.42 Å². The van der Waals surface area contributed by atoms with Crippen LogP contribution in [-0.2, 0) is 9.59 Å². The van der Waals surface area contributed by atoms with Gasteiger partial charge in [0.1, 0.15) is 12.1 Å². The molecule has 0 aromatic rings. The van der Waals surface area contributed by atoms with Crippen LogP contribution in [0.15, 0.2) is 0 Å². The van der Waals surface area contributed by atoms with Crippen LogP contribution in [-0.4, -0.2) is 34.2 Å². The summed E-state index contributed by atoms with van der Waals surface area (Å²) in [6.07, 6.45) is 0.813. The monoisotopic (exact) mass is 220 g/mol. The Morgan fingerprint density at radius 3 is 1.53 bits per heavy atom. The molecule has 0 radical (unpaired) electrons. The molecule has 6 nitrogen and oxygen atoms in total. The molecule has 0 aliphatic heterocycles. The van der Waals surface area contributed by atoms with Gasteiger partial charge in [0.2, 0.25) is 0 Å². The van der Waals surface area contributed by atoms with E-state index in [1.807, 2.05) is 13.8 Å². The average Bonchev–Trinajstić information content (AvgIpc) is 2.16. The fourth-order valence-electron chi connectivity index (χ4n) is 0.497. The van der Waals surface area contributed by atoms with E-state index in [0.29, 0.717) is 0 Å². The van der Waals surface area contributed by atoms with Crippen molar-refractivity contribution in [1.29, 1.82) is 0 Å². The van der Waals surface area contributed by atoms with Crippen molar-refractivity contribution in [3.8, 4) is 0 Å². The van der Waals surface area contributed by atoms with Crippen LogP contribution in [0.2, 0.25) is 0 Å². The zero-order valence-electron chi connectivity index (χ0n) is 9.30. The highest BCUT2D eigenvalue weighted by Gasteiger charge is 2.17. The lowest BCUT2D eigenvalue weighted by Gasteiger charge is -2.11. The summed E-state index contributed by atoms with van der Waals surface area (Å²) in [5, 5.41) is 16.2. The number of hydrogen-bond acceptors (Lipinski definition) is 4. The molecule has 0 aliphatic carbocycles. The second-order valence-corrected chi connectivity index (χ2v) is 3.38. The molecule has 15 heavy (non-hydrogen) atoms. The molecule has 0 bridgehead atoms. The van der Waals surface area contributed by atoms with E-state index in [2.05, 4.69) is 0 Å². The third-order valence-corrected chi connectivity index (χ3v) is 1.93. The maximum absolute atomic E-state index is 10.2. The summed E-state index contributed by atoms with van der Waals surface area (Å²) >= 11 is 0. The highest BCUT2D eigenvalue weighted by Crippen LogP contribution is 2.04. The molecule has 0 aromatic carbocycles. The third kappa shape index (κ3) is 9.17. The summed E-state index contributed by atoms with van der Waals surface area (Å²) in [6.45, 7) is 5.18. The number of rotatable bonds is 4.